The van der Waals surface area contributed by atoms with Gasteiger partial charge in [0.25, 0.3) is 0 Å². The molecule has 0 amide bonds. The van der Waals surface area contributed by atoms with Gasteiger partial charge in [0.1, 0.15) is 0 Å². The third-order valence-electron chi connectivity index (χ3n) is 3.11. The molecule has 0 N–H and O–H groups in total. The molecule has 0 unspecified atom stereocenters. The van der Waals surface area contributed by atoms with Gasteiger partial charge in [-0.1, -0.05) is 22.0 Å². The number of carbonyl (C=O) groups is 1. The standard InChI is InChI=1S/C14H12BrF3O/c15-10-6-7-11(12(8-10)14(16,17)18)13(19)9-4-2-1-3-5-9/h4,6-8H,1-3,5H2. The number of Topliss-reactive ketones (excluding diaryl/α,β-unsaturated/α-hetero) is 1. The van der Waals surface area contributed by atoms with Crippen LogP contribution in [0.4, 0.5) is 13.2 Å². The molecule has 0 atom stereocenters. The fourth-order valence-electron chi connectivity index (χ4n) is 2.17. The molecular formula is C14H12BrF3O. The van der Waals surface area contributed by atoms with E-state index in [1.54, 1.807) is 6.08 Å². The monoisotopic (exact) mass is 332 g/mol. The lowest BCUT2D eigenvalue weighted by Crippen LogP contribution is -2.15. The van der Waals surface area contributed by atoms with E-state index in [0.29, 0.717) is 16.5 Å². The van der Waals surface area contributed by atoms with Crippen LogP contribution in [0, 0.1) is 0 Å². The molecule has 0 aromatic heterocycles. The summed E-state index contributed by atoms with van der Waals surface area (Å²) in [6.45, 7) is 0. The Morgan fingerprint density at radius 2 is 1.95 bits per heavy atom. The molecule has 102 valence electrons. The summed E-state index contributed by atoms with van der Waals surface area (Å²) in [5, 5.41) is 0. The molecule has 0 radical (unpaired) electrons. The SMILES string of the molecule is O=C(C1=CCCCC1)c1ccc(Br)cc1C(F)(F)F. The second-order valence-electron chi connectivity index (χ2n) is 4.49. The van der Waals surface area contributed by atoms with Gasteiger partial charge in [0.05, 0.1) is 5.56 Å². The third-order valence-corrected chi connectivity index (χ3v) is 3.61. The quantitative estimate of drug-likeness (QED) is 0.684. The molecule has 1 aromatic rings. The van der Waals surface area contributed by atoms with Crippen LogP contribution in [0.5, 0.6) is 0 Å². The third kappa shape index (κ3) is 3.26. The first-order valence-corrected chi connectivity index (χ1v) is 6.79. The molecule has 1 aromatic carbocycles. The van der Waals surface area contributed by atoms with Crippen molar-refractivity contribution < 1.29 is 18.0 Å². The van der Waals surface area contributed by atoms with Crippen LogP contribution in [0.3, 0.4) is 0 Å². The molecule has 1 aliphatic carbocycles. The Labute approximate surface area is 117 Å². The Hall–Kier alpha value is -1.10. The lowest BCUT2D eigenvalue weighted by atomic mass is 9.91. The van der Waals surface area contributed by atoms with E-state index in [-0.39, 0.29) is 5.56 Å². The molecule has 0 spiro atoms. The van der Waals surface area contributed by atoms with Gasteiger partial charge in [-0.15, -0.1) is 0 Å². The minimum Gasteiger partial charge on any atom is -0.289 e. The van der Waals surface area contributed by atoms with E-state index in [9.17, 15) is 18.0 Å². The van der Waals surface area contributed by atoms with Gasteiger partial charge >= 0.3 is 6.18 Å². The van der Waals surface area contributed by atoms with Gasteiger partial charge in [0, 0.05) is 10.0 Å². The molecule has 0 heterocycles. The zero-order chi connectivity index (χ0) is 14.0. The van der Waals surface area contributed by atoms with Crippen LogP contribution in [0.1, 0.15) is 41.6 Å². The van der Waals surface area contributed by atoms with Crippen molar-refractivity contribution in [2.75, 3.05) is 0 Å². The van der Waals surface area contributed by atoms with Crippen molar-refractivity contribution in [3.63, 3.8) is 0 Å². The molecule has 0 bridgehead atoms. The number of alkyl halides is 3. The Kier molecular flexibility index (Phi) is 4.13. The van der Waals surface area contributed by atoms with E-state index in [1.165, 1.54) is 12.1 Å². The van der Waals surface area contributed by atoms with Crippen molar-refractivity contribution in [3.05, 3.63) is 45.4 Å². The summed E-state index contributed by atoms with van der Waals surface area (Å²) in [6, 6.07) is 3.66. The van der Waals surface area contributed by atoms with Gasteiger partial charge in [0.15, 0.2) is 5.78 Å². The maximum absolute atomic E-state index is 13.0. The van der Waals surface area contributed by atoms with E-state index in [1.807, 2.05) is 0 Å². The Morgan fingerprint density at radius 1 is 1.21 bits per heavy atom. The first-order chi connectivity index (χ1) is 8.89. The average Bonchev–Trinajstić information content (AvgIpc) is 2.38. The van der Waals surface area contributed by atoms with Crippen molar-refractivity contribution in [1.29, 1.82) is 0 Å². The molecule has 19 heavy (non-hydrogen) atoms. The summed E-state index contributed by atoms with van der Waals surface area (Å²) in [5.41, 5.74) is -0.638. The summed E-state index contributed by atoms with van der Waals surface area (Å²) in [7, 11) is 0. The van der Waals surface area contributed by atoms with Gasteiger partial charge < -0.3 is 0 Å². The summed E-state index contributed by atoms with van der Waals surface area (Å²) in [6.07, 6.45) is 0.405. The minimum absolute atomic E-state index is 0.260. The molecule has 1 aliphatic rings. The Bertz CT molecular complexity index is 532. The first kappa shape index (κ1) is 14.3. The van der Waals surface area contributed by atoms with Crippen LogP contribution in [0.25, 0.3) is 0 Å². The topological polar surface area (TPSA) is 17.1 Å². The van der Waals surface area contributed by atoms with E-state index < -0.39 is 17.5 Å². The lowest BCUT2D eigenvalue weighted by Gasteiger charge is -2.16. The zero-order valence-corrected chi connectivity index (χ0v) is 11.6. The lowest BCUT2D eigenvalue weighted by molar-refractivity contribution is -0.137. The van der Waals surface area contributed by atoms with Crippen molar-refractivity contribution in [2.45, 2.75) is 31.9 Å². The number of carbonyl (C=O) groups excluding carboxylic acids is 1. The number of halogens is 4. The fraction of sp³-hybridized carbons (Fsp3) is 0.357. The largest absolute Gasteiger partial charge is 0.417 e. The van der Waals surface area contributed by atoms with Gasteiger partial charge in [-0.05, 0) is 49.5 Å². The van der Waals surface area contributed by atoms with Crippen LogP contribution < -0.4 is 0 Å². The molecule has 1 nitrogen and oxygen atoms in total. The summed E-state index contributed by atoms with van der Waals surface area (Å²) in [4.78, 5) is 12.2. The average molecular weight is 333 g/mol. The van der Waals surface area contributed by atoms with Crippen LogP contribution in [-0.4, -0.2) is 5.78 Å². The second kappa shape index (κ2) is 5.49. The highest BCUT2D eigenvalue weighted by Gasteiger charge is 2.35. The maximum Gasteiger partial charge on any atom is 0.417 e. The maximum atomic E-state index is 13.0. The van der Waals surface area contributed by atoms with Gasteiger partial charge in [-0.25, -0.2) is 0 Å². The van der Waals surface area contributed by atoms with Crippen LogP contribution in [0.2, 0.25) is 0 Å². The predicted molar refractivity (Wildman–Crippen MR) is 70.0 cm³/mol. The first-order valence-electron chi connectivity index (χ1n) is 6.00. The summed E-state index contributed by atoms with van der Waals surface area (Å²) in [5.74, 6) is -0.500. The van der Waals surface area contributed by atoms with Gasteiger partial charge in [-0.2, -0.15) is 13.2 Å². The smallest absolute Gasteiger partial charge is 0.289 e. The molecule has 0 saturated heterocycles. The zero-order valence-electron chi connectivity index (χ0n) is 10.1. The highest BCUT2D eigenvalue weighted by Crippen LogP contribution is 2.35. The number of hydrogen-bond donors (Lipinski definition) is 0. The normalized spacial score (nSPS) is 16.1. The molecule has 0 saturated carbocycles. The Balaban J connectivity index is 2.44. The number of allylic oxidation sites excluding steroid dienone is 2. The number of benzene rings is 1. The fourth-order valence-corrected chi connectivity index (χ4v) is 2.53. The van der Waals surface area contributed by atoms with Crippen LogP contribution >= 0.6 is 15.9 Å². The molecule has 2 rings (SSSR count). The van der Waals surface area contributed by atoms with Crippen molar-refractivity contribution in [1.82, 2.24) is 0 Å². The molecule has 0 fully saturated rings. The Morgan fingerprint density at radius 3 is 2.53 bits per heavy atom. The van der Waals surface area contributed by atoms with Gasteiger partial charge in [-0.3, -0.25) is 4.79 Å². The molecule has 0 aliphatic heterocycles. The molecular weight excluding hydrogens is 321 g/mol. The summed E-state index contributed by atoms with van der Waals surface area (Å²) < 4.78 is 39.2. The highest BCUT2D eigenvalue weighted by molar-refractivity contribution is 9.10. The van der Waals surface area contributed by atoms with Crippen molar-refractivity contribution in [2.24, 2.45) is 0 Å². The van der Waals surface area contributed by atoms with Crippen molar-refractivity contribution >= 4 is 21.7 Å². The molecule has 5 heteroatoms. The number of hydrogen-bond acceptors (Lipinski definition) is 1. The second-order valence-corrected chi connectivity index (χ2v) is 5.41. The van der Waals surface area contributed by atoms with E-state index >= 15 is 0 Å². The predicted octanol–water partition coefficient (Wildman–Crippen LogP) is 5.15. The van der Waals surface area contributed by atoms with E-state index in [2.05, 4.69) is 15.9 Å². The van der Waals surface area contributed by atoms with E-state index in [0.717, 1.165) is 25.3 Å². The minimum atomic E-state index is -4.52. The van der Waals surface area contributed by atoms with Crippen LogP contribution in [0.15, 0.2) is 34.3 Å². The van der Waals surface area contributed by atoms with Crippen molar-refractivity contribution in [3.8, 4) is 0 Å². The number of rotatable bonds is 2. The number of ketones is 1. The highest BCUT2D eigenvalue weighted by atomic mass is 79.9. The van der Waals surface area contributed by atoms with E-state index in [4.69, 9.17) is 0 Å². The van der Waals surface area contributed by atoms with Gasteiger partial charge in [0.2, 0.25) is 0 Å². The summed E-state index contributed by atoms with van der Waals surface area (Å²) >= 11 is 3.01. The van der Waals surface area contributed by atoms with Crippen LogP contribution in [-0.2, 0) is 6.18 Å².